The van der Waals surface area contributed by atoms with Crippen LogP contribution in [0, 0.1) is 5.92 Å². The highest BCUT2D eigenvalue weighted by Gasteiger charge is 2.36. The standard InChI is InChI=1S/C28H35N5O/c34-28(22-8-2-1-3-9-22)33-23(14-13-21-7-4-5-11-25(21)33)19-31-15-17-32(18-16-31)26-12-6-10-24-27(26)30-20-29-24/h4-7,10-12,20,22-23H,1-3,8-9,13-19H2,(H,29,30). The van der Waals surface area contributed by atoms with Crippen LogP contribution in [0.2, 0.25) is 0 Å². The number of fused-ring (bicyclic) bond motifs is 2. The van der Waals surface area contributed by atoms with Gasteiger partial charge in [-0.25, -0.2) is 4.98 Å². The molecular formula is C28H35N5O. The fourth-order valence-electron chi connectivity index (χ4n) is 6.30. The zero-order valence-electron chi connectivity index (χ0n) is 20.0. The minimum absolute atomic E-state index is 0.202. The molecule has 3 aromatic rings. The third kappa shape index (κ3) is 4.09. The lowest BCUT2D eigenvalue weighted by Gasteiger charge is -2.43. The summed E-state index contributed by atoms with van der Waals surface area (Å²) < 4.78 is 0. The number of carbonyl (C=O) groups excluding carboxylic acids is 1. The van der Waals surface area contributed by atoms with E-state index in [0.29, 0.717) is 5.91 Å². The molecule has 1 aromatic heterocycles. The summed E-state index contributed by atoms with van der Waals surface area (Å²) >= 11 is 0. The molecule has 6 heteroatoms. The maximum Gasteiger partial charge on any atom is 0.230 e. The van der Waals surface area contributed by atoms with Crippen molar-refractivity contribution >= 4 is 28.3 Å². The molecule has 0 bridgehead atoms. The highest BCUT2D eigenvalue weighted by Crippen LogP contribution is 2.35. The summed E-state index contributed by atoms with van der Waals surface area (Å²) in [7, 11) is 0. The van der Waals surface area contributed by atoms with Gasteiger partial charge in [0.25, 0.3) is 0 Å². The molecule has 0 radical (unpaired) electrons. The number of imidazole rings is 1. The second-order valence-corrected chi connectivity index (χ2v) is 10.2. The van der Waals surface area contributed by atoms with Crippen molar-refractivity contribution in [3.8, 4) is 0 Å². The van der Waals surface area contributed by atoms with Gasteiger partial charge in [0, 0.05) is 50.4 Å². The van der Waals surface area contributed by atoms with Gasteiger partial charge in [0.1, 0.15) is 5.52 Å². The van der Waals surface area contributed by atoms with Crippen molar-refractivity contribution in [2.45, 2.75) is 51.0 Å². The maximum atomic E-state index is 13.8. The van der Waals surface area contributed by atoms with Gasteiger partial charge in [-0.1, -0.05) is 43.5 Å². The Balaban J connectivity index is 1.17. The number of piperazine rings is 1. The molecule has 3 aliphatic rings. The number of para-hydroxylation sites is 2. The Bertz CT molecular complexity index is 1140. The van der Waals surface area contributed by atoms with E-state index in [4.69, 9.17) is 0 Å². The predicted molar refractivity (Wildman–Crippen MR) is 137 cm³/mol. The summed E-state index contributed by atoms with van der Waals surface area (Å²) in [5.74, 6) is 0.578. The summed E-state index contributed by atoms with van der Waals surface area (Å²) in [5, 5.41) is 0. The fourth-order valence-corrected chi connectivity index (χ4v) is 6.30. The summed E-state index contributed by atoms with van der Waals surface area (Å²) in [6.07, 6.45) is 9.69. The molecule has 34 heavy (non-hydrogen) atoms. The molecule has 0 spiro atoms. The van der Waals surface area contributed by atoms with Gasteiger partial charge in [-0.2, -0.15) is 0 Å². The van der Waals surface area contributed by atoms with Crippen molar-refractivity contribution in [3.63, 3.8) is 0 Å². The van der Waals surface area contributed by atoms with Gasteiger partial charge in [0.05, 0.1) is 17.5 Å². The van der Waals surface area contributed by atoms with Crippen molar-refractivity contribution in [2.24, 2.45) is 5.92 Å². The molecule has 1 amide bonds. The number of aromatic amines is 1. The van der Waals surface area contributed by atoms with Crippen molar-refractivity contribution in [3.05, 3.63) is 54.4 Å². The van der Waals surface area contributed by atoms with Gasteiger partial charge >= 0.3 is 0 Å². The molecule has 2 aromatic carbocycles. The van der Waals surface area contributed by atoms with Crippen molar-refractivity contribution in [1.82, 2.24) is 14.9 Å². The molecule has 178 valence electrons. The lowest BCUT2D eigenvalue weighted by Crippen LogP contribution is -2.55. The number of carbonyl (C=O) groups is 1. The highest BCUT2D eigenvalue weighted by molar-refractivity contribution is 5.97. The molecule has 1 saturated carbocycles. The third-order valence-electron chi connectivity index (χ3n) is 8.17. The van der Waals surface area contributed by atoms with Crippen molar-refractivity contribution in [2.75, 3.05) is 42.5 Å². The van der Waals surface area contributed by atoms with E-state index in [-0.39, 0.29) is 12.0 Å². The average Bonchev–Trinajstić information content (AvgIpc) is 3.38. The third-order valence-corrected chi connectivity index (χ3v) is 8.17. The normalized spacial score (nSPS) is 22.2. The number of H-pyrrole nitrogens is 1. The van der Waals surface area contributed by atoms with E-state index in [0.717, 1.165) is 75.1 Å². The lowest BCUT2D eigenvalue weighted by molar-refractivity contribution is -0.124. The van der Waals surface area contributed by atoms with Crippen LogP contribution >= 0.6 is 0 Å². The molecule has 1 N–H and O–H groups in total. The second kappa shape index (κ2) is 9.41. The number of benzene rings is 2. The zero-order valence-corrected chi connectivity index (χ0v) is 20.0. The van der Waals surface area contributed by atoms with Crippen LogP contribution in [0.3, 0.4) is 0 Å². The molecule has 1 saturated heterocycles. The smallest absolute Gasteiger partial charge is 0.230 e. The number of nitrogens with one attached hydrogen (secondary N) is 1. The Kier molecular flexibility index (Phi) is 6.00. The first-order valence-corrected chi connectivity index (χ1v) is 13.1. The van der Waals surface area contributed by atoms with Gasteiger partial charge in [-0.3, -0.25) is 9.69 Å². The van der Waals surface area contributed by atoms with Gasteiger partial charge in [0.2, 0.25) is 5.91 Å². The molecule has 1 unspecified atom stereocenters. The maximum absolute atomic E-state index is 13.8. The van der Waals surface area contributed by atoms with Crippen LogP contribution in [0.25, 0.3) is 11.0 Å². The van der Waals surface area contributed by atoms with Crippen LogP contribution in [-0.2, 0) is 11.2 Å². The number of hydrogen-bond acceptors (Lipinski definition) is 4. The Morgan fingerprint density at radius 3 is 2.56 bits per heavy atom. The van der Waals surface area contributed by atoms with Crippen molar-refractivity contribution in [1.29, 1.82) is 0 Å². The molecule has 2 aliphatic heterocycles. The summed E-state index contributed by atoms with van der Waals surface area (Å²) in [5.41, 5.74) is 5.87. The van der Waals surface area contributed by atoms with Crippen LogP contribution in [0.4, 0.5) is 11.4 Å². The molecule has 6 rings (SSSR count). The summed E-state index contributed by atoms with van der Waals surface area (Å²) in [4.78, 5) is 28.8. The number of nitrogens with zero attached hydrogens (tertiary/aromatic N) is 4. The van der Waals surface area contributed by atoms with E-state index in [2.05, 4.69) is 67.1 Å². The summed E-state index contributed by atoms with van der Waals surface area (Å²) in [6, 6.07) is 15.2. The fraction of sp³-hybridized carbons (Fsp3) is 0.500. The minimum Gasteiger partial charge on any atom is -0.367 e. The number of aryl methyl sites for hydroxylation is 1. The van der Waals surface area contributed by atoms with Gasteiger partial charge < -0.3 is 14.8 Å². The van der Waals surface area contributed by atoms with Gasteiger partial charge in [-0.15, -0.1) is 0 Å². The quantitative estimate of drug-likeness (QED) is 0.622. The Labute approximate surface area is 201 Å². The number of hydrogen-bond donors (Lipinski definition) is 1. The first-order chi connectivity index (χ1) is 16.8. The van der Waals surface area contributed by atoms with E-state index in [1.54, 1.807) is 6.33 Å². The van der Waals surface area contributed by atoms with Gasteiger partial charge in [-0.05, 0) is 49.4 Å². The van der Waals surface area contributed by atoms with E-state index < -0.39 is 0 Å². The topological polar surface area (TPSA) is 55.5 Å². The second-order valence-electron chi connectivity index (χ2n) is 10.2. The number of anilines is 2. The van der Waals surface area contributed by atoms with E-state index >= 15 is 0 Å². The lowest BCUT2D eigenvalue weighted by atomic mass is 9.86. The minimum atomic E-state index is 0.202. The Hall–Kier alpha value is -2.86. The average molecular weight is 458 g/mol. The summed E-state index contributed by atoms with van der Waals surface area (Å²) in [6.45, 7) is 4.99. The van der Waals surface area contributed by atoms with Crippen LogP contribution in [0.15, 0.2) is 48.8 Å². The van der Waals surface area contributed by atoms with Crippen LogP contribution in [0.1, 0.15) is 44.1 Å². The molecule has 1 atom stereocenters. The van der Waals surface area contributed by atoms with Crippen LogP contribution in [-0.4, -0.2) is 59.5 Å². The molecule has 3 heterocycles. The van der Waals surface area contributed by atoms with Crippen molar-refractivity contribution < 1.29 is 4.79 Å². The highest BCUT2D eigenvalue weighted by atomic mass is 16.2. The van der Waals surface area contributed by atoms with E-state index in [1.165, 1.54) is 30.5 Å². The number of rotatable bonds is 4. The van der Waals surface area contributed by atoms with E-state index in [9.17, 15) is 4.79 Å². The van der Waals surface area contributed by atoms with Crippen LogP contribution in [0.5, 0.6) is 0 Å². The molecule has 2 fully saturated rings. The SMILES string of the molecule is O=C(C1CCCCC1)N1c2ccccc2CCC1CN1CCN(c2cccc3[nH]cnc23)CC1. The Morgan fingerprint density at radius 2 is 1.71 bits per heavy atom. The number of amides is 1. The molecular weight excluding hydrogens is 422 g/mol. The Morgan fingerprint density at radius 1 is 0.912 bits per heavy atom. The van der Waals surface area contributed by atoms with Crippen LogP contribution < -0.4 is 9.80 Å². The first kappa shape index (κ1) is 21.7. The predicted octanol–water partition coefficient (Wildman–Crippen LogP) is 4.61. The first-order valence-electron chi connectivity index (χ1n) is 13.1. The zero-order chi connectivity index (χ0) is 22.9. The molecule has 1 aliphatic carbocycles. The molecule has 6 nitrogen and oxygen atoms in total. The number of aromatic nitrogens is 2. The van der Waals surface area contributed by atoms with Gasteiger partial charge in [0.15, 0.2) is 0 Å². The monoisotopic (exact) mass is 457 g/mol. The van der Waals surface area contributed by atoms with E-state index in [1.807, 2.05) is 0 Å². The largest absolute Gasteiger partial charge is 0.367 e.